The molecule has 0 aliphatic carbocycles. The number of ether oxygens (including phenoxy) is 1. The van der Waals surface area contributed by atoms with Gasteiger partial charge in [0.1, 0.15) is 17.5 Å². The fourth-order valence-corrected chi connectivity index (χ4v) is 2.77. The fraction of sp³-hybridized carbons (Fsp3) is 0.462. The summed E-state index contributed by atoms with van der Waals surface area (Å²) in [5.41, 5.74) is 1.96. The molecule has 0 bridgehead atoms. The van der Waals surface area contributed by atoms with Crippen LogP contribution in [0.2, 0.25) is 0 Å². The fourth-order valence-electron chi connectivity index (χ4n) is 2.77. The van der Waals surface area contributed by atoms with Crippen LogP contribution in [-0.4, -0.2) is 45.7 Å². The molecule has 2 heterocycles. The molecule has 0 spiro atoms. The van der Waals surface area contributed by atoms with Gasteiger partial charge < -0.3 is 19.9 Å². The standard InChI is InChI=1S/C13H17N3O2/c1-15-9-4-3-5-11(18-2)12(9)16-7-6-14-8-10(16)13(15)17/h3-5,10,14H,6-8H2,1-2H3. The Bertz CT molecular complexity index is 489. The zero-order valence-electron chi connectivity index (χ0n) is 10.6. The van der Waals surface area contributed by atoms with Crippen molar-refractivity contribution in [3.8, 4) is 5.75 Å². The summed E-state index contributed by atoms with van der Waals surface area (Å²) in [6.45, 7) is 2.42. The van der Waals surface area contributed by atoms with Crippen molar-refractivity contribution in [3.63, 3.8) is 0 Å². The van der Waals surface area contributed by atoms with E-state index < -0.39 is 0 Å². The number of nitrogens with zero attached hydrogens (tertiary/aromatic N) is 2. The van der Waals surface area contributed by atoms with Gasteiger partial charge in [0, 0.05) is 26.7 Å². The number of amides is 1. The Morgan fingerprint density at radius 1 is 1.44 bits per heavy atom. The number of likely N-dealkylation sites (N-methyl/N-ethyl adjacent to an activating group) is 1. The van der Waals surface area contributed by atoms with Crippen LogP contribution in [0.25, 0.3) is 0 Å². The summed E-state index contributed by atoms with van der Waals surface area (Å²) in [5.74, 6) is 0.974. The van der Waals surface area contributed by atoms with Gasteiger partial charge in [-0.25, -0.2) is 0 Å². The minimum atomic E-state index is -0.118. The van der Waals surface area contributed by atoms with Gasteiger partial charge in [-0.1, -0.05) is 6.07 Å². The maximum absolute atomic E-state index is 12.3. The molecular formula is C13H17N3O2. The SMILES string of the molecule is COc1cccc2c1N1CCNCC1C(=O)N2C. The van der Waals surface area contributed by atoms with Crippen molar-refractivity contribution in [2.75, 3.05) is 43.6 Å². The summed E-state index contributed by atoms with van der Waals surface area (Å²) in [6.07, 6.45) is 0. The molecule has 1 amide bonds. The van der Waals surface area contributed by atoms with E-state index in [-0.39, 0.29) is 11.9 Å². The number of piperazine rings is 1. The summed E-state index contributed by atoms with van der Waals surface area (Å²) < 4.78 is 5.45. The summed E-state index contributed by atoms with van der Waals surface area (Å²) in [6, 6.07) is 5.71. The Morgan fingerprint density at radius 3 is 3.06 bits per heavy atom. The van der Waals surface area contributed by atoms with Gasteiger partial charge in [0.15, 0.2) is 0 Å². The molecule has 2 aliphatic rings. The Kier molecular flexibility index (Phi) is 2.63. The molecule has 1 aromatic rings. The highest BCUT2D eigenvalue weighted by Crippen LogP contribution is 2.42. The summed E-state index contributed by atoms with van der Waals surface area (Å²) >= 11 is 0. The molecule has 18 heavy (non-hydrogen) atoms. The summed E-state index contributed by atoms with van der Waals surface area (Å²) in [4.78, 5) is 16.2. The number of carbonyl (C=O) groups is 1. The Morgan fingerprint density at radius 2 is 2.28 bits per heavy atom. The number of hydrogen-bond donors (Lipinski definition) is 1. The minimum Gasteiger partial charge on any atom is -0.495 e. The average Bonchev–Trinajstić information content (AvgIpc) is 2.44. The molecule has 5 heteroatoms. The number of benzene rings is 1. The van der Waals surface area contributed by atoms with Crippen LogP contribution in [0.4, 0.5) is 11.4 Å². The Balaban J connectivity index is 2.16. The lowest BCUT2D eigenvalue weighted by molar-refractivity contribution is -0.120. The lowest BCUT2D eigenvalue weighted by Gasteiger charge is -2.44. The van der Waals surface area contributed by atoms with Gasteiger partial charge >= 0.3 is 0 Å². The monoisotopic (exact) mass is 247 g/mol. The van der Waals surface area contributed by atoms with Crippen LogP contribution in [0.3, 0.4) is 0 Å². The molecule has 1 unspecified atom stereocenters. The molecule has 2 aliphatic heterocycles. The van der Waals surface area contributed by atoms with Crippen LogP contribution in [0, 0.1) is 0 Å². The van der Waals surface area contributed by atoms with E-state index in [1.807, 2.05) is 25.2 Å². The number of methoxy groups -OCH3 is 1. The van der Waals surface area contributed by atoms with Crippen LogP contribution >= 0.6 is 0 Å². The molecule has 1 atom stereocenters. The molecule has 1 saturated heterocycles. The molecule has 1 aromatic carbocycles. The largest absolute Gasteiger partial charge is 0.495 e. The van der Waals surface area contributed by atoms with E-state index in [1.165, 1.54) is 0 Å². The van der Waals surface area contributed by atoms with E-state index in [1.54, 1.807) is 12.0 Å². The van der Waals surface area contributed by atoms with Crippen LogP contribution in [0.1, 0.15) is 0 Å². The van der Waals surface area contributed by atoms with E-state index in [2.05, 4.69) is 10.2 Å². The van der Waals surface area contributed by atoms with Crippen molar-refractivity contribution in [1.82, 2.24) is 5.32 Å². The third-order valence-electron chi connectivity index (χ3n) is 3.71. The highest BCUT2D eigenvalue weighted by Gasteiger charge is 2.39. The minimum absolute atomic E-state index is 0.118. The number of nitrogens with one attached hydrogen (secondary N) is 1. The number of hydrogen-bond acceptors (Lipinski definition) is 4. The Labute approximate surface area is 106 Å². The van der Waals surface area contributed by atoms with Crippen molar-refractivity contribution < 1.29 is 9.53 Å². The van der Waals surface area contributed by atoms with Gasteiger partial charge in [0.05, 0.1) is 12.8 Å². The summed E-state index contributed by atoms with van der Waals surface area (Å²) in [5, 5.41) is 3.27. The maximum Gasteiger partial charge on any atom is 0.250 e. The van der Waals surface area contributed by atoms with E-state index >= 15 is 0 Å². The lowest BCUT2D eigenvalue weighted by Crippen LogP contribution is -2.61. The molecule has 5 nitrogen and oxygen atoms in total. The first-order valence-electron chi connectivity index (χ1n) is 6.16. The maximum atomic E-state index is 12.3. The number of fused-ring (bicyclic) bond motifs is 3. The van der Waals surface area contributed by atoms with E-state index in [9.17, 15) is 4.79 Å². The molecule has 1 fully saturated rings. The normalized spacial score (nSPS) is 22.6. The zero-order valence-corrected chi connectivity index (χ0v) is 10.6. The molecule has 3 rings (SSSR count). The quantitative estimate of drug-likeness (QED) is 0.782. The van der Waals surface area contributed by atoms with Crippen molar-refractivity contribution >= 4 is 17.3 Å². The number of rotatable bonds is 1. The van der Waals surface area contributed by atoms with Gasteiger partial charge in [-0.3, -0.25) is 4.79 Å². The van der Waals surface area contributed by atoms with Crippen molar-refractivity contribution in [1.29, 1.82) is 0 Å². The average molecular weight is 247 g/mol. The van der Waals surface area contributed by atoms with Crippen LogP contribution < -0.4 is 19.9 Å². The molecule has 96 valence electrons. The zero-order chi connectivity index (χ0) is 12.7. The van der Waals surface area contributed by atoms with Gasteiger partial charge in [-0.05, 0) is 12.1 Å². The third kappa shape index (κ3) is 1.47. The second kappa shape index (κ2) is 4.17. The van der Waals surface area contributed by atoms with Crippen LogP contribution in [0.15, 0.2) is 18.2 Å². The molecule has 0 aromatic heterocycles. The predicted octanol–water partition coefficient (Wildman–Crippen LogP) is 0.450. The molecule has 0 saturated carbocycles. The Hall–Kier alpha value is -1.75. The summed E-state index contributed by atoms with van der Waals surface area (Å²) in [7, 11) is 3.50. The van der Waals surface area contributed by atoms with Gasteiger partial charge in [-0.15, -0.1) is 0 Å². The third-order valence-corrected chi connectivity index (χ3v) is 3.71. The number of anilines is 2. The van der Waals surface area contributed by atoms with Crippen LogP contribution in [-0.2, 0) is 4.79 Å². The first kappa shape index (κ1) is 11.3. The molecule has 0 radical (unpaired) electrons. The first-order chi connectivity index (χ1) is 8.74. The number of carbonyl (C=O) groups excluding carboxylic acids is 1. The first-order valence-corrected chi connectivity index (χ1v) is 6.16. The topological polar surface area (TPSA) is 44.8 Å². The van der Waals surface area contributed by atoms with Crippen molar-refractivity contribution in [3.05, 3.63) is 18.2 Å². The highest BCUT2D eigenvalue weighted by atomic mass is 16.5. The second-order valence-corrected chi connectivity index (χ2v) is 4.64. The van der Waals surface area contributed by atoms with E-state index in [0.29, 0.717) is 6.54 Å². The second-order valence-electron chi connectivity index (χ2n) is 4.64. The smallest absolute Gasteiger partial charge is 0.250 e. The van der Waals surface area contributed by atoms with E-state index in [4.69, 9.17) is 4.74 Å². The van der Waals surface area contributed by atoms with Gasteiger partial charge in [0.2, 0.25) is 0 Å². The molecular weight excluding hydrogens is 230 g/mol. The van der Waals surface area contributed by atoms with Crippen molar-refractivity contribution in [2.45, 2.75) is 6.04 Å². The predicted molar refractivity (Wildman–Crippen MR) is 70.4 cm³/mol. The lowest BCUT2D eigenvalue weighted by atomic mass is 10.0. The molecule has 1 N–H and O–H groups in total. The van der Waals surface area contributed by atoms with Crippen molar-refractivity contribution in [2.24, 2.45) is 0 Å². The van der Waals surface area contributed by atoms with Gasteiger partial charge in [0.25, 0.3) is 5.91 Å². The van der Waals surface area contributed by atoms with Gasteiger partial charge in [-0.2, -0.15) is 0 Å². The number of para-hydroxylation sites is 1. The van der Waals surface area contributed by atoms with E-state index in [0.717, 1.165) is 30.2 Å². The highest BCUT2D eigenvalue weighted by molar-refractivity contribution is 6.06. The van der Waals surface area contributed by atoms with Crippen LogP contribution in [0.5, 0.6) is 5.75 Å².